The fraction of sp³-hybridized carbons (Fsp3) is 0.250. The van der Waals surface area contributed by atoms with E-state index in [-0.39, 0.29) is 22.4 Å². The number of amides is 1. The van der Waals surface area contributed by atoms with Gasteiger partial charge in [-0.05, 0) is 55.5 Å². The molecule has 0 radical (unpaired) electrons. The third kappa shape index (κ3) is 5.32. The van der Waals surface area contributed by atoms with E-state index < -0.39 is 10.0 Å². The van der Waals surface area contributed by atoms with Crippen LogP contribution in [0.3, 0.4) is 0 Å². The van der Waals surface area contributed by atoms with Gasteiger partial charge in [-0.3, -0.25) is 9.59 Å². The molecule has 0 bridgehead atoms. The second-order valence-corrected chi connectivity index (χ2v) is 11.1. The maximum absolute atomic E-state index is 13.1. The van der Waals surface area contributed by atoms with Crippen molar-refractivity contribution >= 4 is 38.7 Å². The third-order valence-corrected chi connectivity index (χ3v) is 9.02. The summed E-state index contributed by atoms with van der Waals surface area (Å²) in [5, 5.41) is 2.83. The van der Waals surface area contributed by atoms with E-state index in [2.05, 4.69) is 10.2 Å². The van der Waals surface area contributed by atoms with Gasteiger partial charge in [0.1, 0.15) is 4.21 Å². The molecule has 0 saturated carbocycles. The van der Waals surface area contributed by atoms with Gasteiger partial charge in [-0.25, -0.2) is 8.42 Å². The predicted molar refractivity (Wildman–Crippen MR) is 129 cm³/mol. The Morgan fingerprint density at radius 1 is 0.879 bits per heavy atom. The van der Waals surface area contributed by atoms with Crippen molar-refractivity contribution < 1.29 is 18.0 Å². The molecule has 1 fully saturated rings. The Hall–Kier alpha value is -3.01. The van der Waals surface area contributed by atoms with Crippen LogP contribution in [-0.4, -0.2) is 50.6 Å². The minimum absolute atomic E-state index is 0.0208. The Kier molecular flexibility index (Phi) is 6.92. The Morgan fingerprint density at radius 3 is 2.18 bits per heavy atom. The first-order chi connectivity index (χ1) is 15.8. The van der Waals surface area contributed by atoms with Crippen LogP contribution in [0.1, 0.15) is 32.5 Å². The quantitative estimate of drug-likeness (QED) is 0.521. The zero-order valence-corrected chi connectivity index (χ0v) is 19.9. The average Bonchev–Trinajstić information content (AvgIpc) is 3.33. The Bertz CT molecular complexity index is 1230. The molecule has 0 atom stereocenters. The lowest BCUT2D eigenvalue weighted by molar-refractivity contribution is 0.0950. The number of carbonyl (C=O) groups is 2. The molecular weight excluding hydrogens is 458 g/mol. The number of nitrogens with one attached hydrogen (secondary N) is 1. The summed E-state index contributed by atoms with van der Waals surface area (Å²) in [6.07, 6.45) is 0. The number of hydrogen-bond acceptors (Lipinski definition) is 6. The zero-order chi connectivity index (χ0) is 23.4. The van der Waals surface area contributed by atoms with Crippen molar-refractivity contribution in [2.45, 2.75) is 17.7 Å². The number of nitrogens with zero attached hydrogens (tertiary/aromatic N) is 2. The molecule has 2 heterocycles. The first-order valence-electron chi connectivity index (χ1n) is 10.6. The normalized spacial score (nSPS) is 14.8. The van der Waals surface area contributed by atoms with E-state index in [0.717, 1.165) is 10.6 Å². The molecular formula is C24H25N3O4S2. The number of anilines is 1. The van der Waals surface area contributed by atoms with E-state index in [4.69, 9.17) is 0 Å². The number of ketones is 1. The lowest BCUT2D eigenvalue weighted by Gasteiger charge is -2.35. The van der Waals surface area contributed by atoms with E-state index in [9.17, 15) is 18.0 Å². The van der Waals surface area contributed by atoms with E-state index in [0.29, 0.717) is 37.3 Å². The summed E-state index contributed by atoms with van der Waals surface area (Å²) < 4.78 is 28.0. The number of thiophene rings is 1. The summed E-state index contributed by atoms with van der Waals surface area (Å²) in [5.74, 6) is -0.173. The highest BCUT2D eigenvalue weighted by Crippen LogP contribution is 2.27. The lowest BCUT2D eigenvalue weighted by Crippen LogP contribution is -2.48. The number of benzene rings is 2. The van der Waals surface area contributed by atoms with Crippen LogP contribution in [0.2, 0.25) is 0 Å². The molecule has 1 amide bonds. The van der Waals surface area contributed by atoms with Crippen LogP contribution in [0, 0.1) is 0 Å². The highest BCUT2D eigenvalue weighted by Gasteiger charge is 2.30. The smallest absolute Gasteiger partial charge is 0.252 e. The standard InChI is InChI=1S/C24H25N3O4S2/c1-18(28)19-7-9-21(10-8-19)26-13-15-27(16-14-26)33(30,31)23-12-11-22(32-23)17-25-24(29)20-5-3-2-4-6-20/h2-12H,13-17H2,1H3,(H,25,29). The largest absolute Gasteiger partial charge is 0.369 e. The third-order valence-electron chi connectivity index (χ3n) is 5.57. The molecule has 33 heavy (non-hydrogen) atoms. The maximum atomic E-state index is 13.1. The first kappa shape index (κ1) is 23.2. The molecule has 3 aromatic rings. The van der Waals surface area contributed by atoms with Crippen molar-refractivity contribution in [2.24, 2.45) is 0 Å². The Balaban J connectivity index is 1.35. The lowest BCUT2D eigenvalue weighted by atomic mass is 10.1. The minimum atomic E-state index is -3.59. The van der Waals surface area contributed by atoms with Crippen molar-refractivity contribution in [3.8, 4) is 0 Å². The molecule has 1 aliphatic rings. The molecule has 4 rings (SSSR count). The van der Waals surface area contributed by atoms with Crippen LogP contribution >= 0.6 is 11.3 Å². The number of hydrogen-bond donors (Lipinski definition) is 1. The predicted octanol–water partition coefficient (Wildman–Crippen LogP) is 3.39. The van der Waals surface area contributed by atoms with E-state index in [1.54, 1.807) is 48.5 Å². The molecule has 172 valence electrons. The van der Waals surface area contributed by atoms with E-state index in [1.807, 2.05) is 18.2 Å². The van der Waals surface area contributed by atoms with Gasteiger partial charge in [0.05, 0.1) is 6.54 Å². The molecule has 7 nitrogen and oxygen atoms in total. The summed E-state index contributed by atoms with van der Waals surface area (Å²) in [6, 6.07) is 19.6. The van der Waals surface area contributed by atoms with Gasteiger partial charge in [-0.2, -0.15) is 4.31 Å². The molecule has 0 unspecified atom stereocenters. The number of rotatable bonds is 7. The van der Waals surface area contributed by atoms with Crippen LogP contribution in [0.5, 0.6) is 0 Å². The first-order valence-corrected chi connectivity index (χ1v) is 12.9. The van der Waals surface area contributed by atoms with Crippen LogP contribution in [0.25, 0.3) is 0 Å². The van der Waals surface area contributed by atoms with Crippen molar-refractivity contribution in [2.75, 3.05) is 31.1 Å². The number of carbonyl (C=O) groups excluding carboxylic acids is 2. The Labute approximate surface area is 197 Å². The molecule has 1 saturated heterocycles. The molecule has 0 spiro atoms. The average molecular weight is 484 g/mol. The monoisotopic (exact) mass is 483 g/mol. The molecule has 2 aromatic carbocycles. The van der Waals surface area contributed by atoms with Gasteiger partial charge in [-0.1, -0.05) is 18.2 Å². The van der Waals surface area contributed by atoms with E-state index in [1.165, 1.54) is 22.6 Å². The molecule has 9 heteroatoms. The SMILES string of the molecule is CC(=O)c1ccc(N2CCN(S(=O)(=O)c3ccc(CNC(=O)c4ccccc4)s3)CC2)cc1. The second kappa shape index (κ2) is 9.86. The topological polar surface area (TPSA) is 86.8 Å². The fourth-order valence-corrected chi connectivity index (χ4v) is 6.54. The number of Topliss-reactive ketones (excluding diaryl/α,β-unsaturated/α-hetero) is 1. The van der Waals surface area contributed by atoms with Crippen LogP contribution in [0.15, 0.2) is 70.9 Å². The van der Waals surface area contributed by atoms with Crippen molar-refractivity contribution in [3.05, 3.63) is 82.7 Å². The maximum Gasteiger partial charge on any atom is 0.252 e. The van der Waals surface area contributed by atoms with Gasteiger partial charge < -0.3 is 10.2 Å². The fourth-order valence-electron chi connectivity index (χ4n) is 3.67. The van der Waals surface area contributed by atoms with Crippen LogP contribution < -0.4 is 10.2 Å². The number of sulfonamides is 1. The summed E-state index contributed by atoms with van der Waals surface area (Å²) in [6.45, 7) is 3.72. The summed E-state index contributed by atoms with van der Waals surface area (Å²) in [7, 11) is -3.59. The van der Waals surface area contributed by atoms with Gasteiger partial charge in [0.15, 0.2) is 5.78 Å². The molecule has 0 aliphatic carbocycles. The van der Waals surface area contributed by atoms with Crippen LogP contribution in [0.4, 0.5) is 5.69 Å². The van der Waals surface area contributed by atoms with E-state index >= 15 is 0 Å². The summed E-state index contributed by atoms with van der Waals surface area (Å²) in [4.78, 5) is 26.6. The van der Waals surface area contributed by atoms with Gasteiger partial charge in [-0.15, -0.1) is 11.3 Å². The minimum Gasteiger partial charge on any atom is -0.369 e. The zero-order valence-electron chi connectivity index (χ0n) is 18.2. The highest BCUT2D eigenvalue weighted by molar-refractivity contribution is 7.91. The van der Waals surface area contributed by atoms with Crippen LogP contribution in [-0.2, 0) is 16.6 Å². The highest BCUT2D eigenvalue weighted by atomic mass is 32.2. The Morgan fingerprint density at radius 2 is 1.55 bits per heavy atom. The summed E-state index contributed by atoms with van der Waals surface area (Å²) >= 11 is 1.18. The second-order valence-electron chi connectivity index (χ2n) is 7.76. The van der Waals surface area contributed by atoms with Gasteiger partial charge in [0.2, 0.25) is 0 Å². The number of piperazine rings is 1. The van der Waals surface area contributed by atoms with Gasteiger partial charge in [0.25, 0.3) is 15.9 Å². The molecule has 1 aliphatic heterocycles. The summed E-state index contributed by atoms with van der Waals surface area (Å²) in [5.41, 5.74) is 2.20. The van der Waals surface area contributed by atoms with Crippen molar-refractivity contribution in [1.82, 2.24) is 9.62 Å². The molecule has 1 aromatic heterocycles. The van der Waals surface area contributed by atoms with Crippen molar-refractivity contribution in [1.29, 1.82) is 0 Å². The van der Waals surface area contributed by atoms with Gasteiger partial charge in [0, 0.05) is 47.9 Å². The molecule has 1 N–H and O–H groups in total. The van der Waals surface area contributed by atoms with Gasteiger partial charge >= 0.3 is 0 Å². The van der Waals surface area contributed by atoms with Crippen molar-refractivity contribution in [3.63, 3.8) is 0 Å².